The zero-order valence-corrected chi connectivity index (χ0v) is 15.4. The van der Waals surface area contributed by atoms with Gasteiger partial charge in [-0.2, -0.15) is 23.7 Å². The number of benzene rings is 2. The molecule has 0 saturated heterocycles. The molecule has 0 aliphatic rings. The van der Waals surface area contributed by atoms with Crippen molar-refractivity contribution >= 4 is 11.9 Å². The summed E-state index contributed by atoms with van der Waals surface area (Å²) in [7, 11) is 1.41. The molecule has 0 saturated carbocycles. The van der Waals surface area contributed by atoms with E-state index < -0.39 is 52.7 Å². The molecule has 30 heavy (non-hydrogen) atoms. The van der Waals surface area contributed by atoms with E-state index >= 15 is 0 Å². The van der Waals surface area contributed by atoms with Gasteiger partial charge in [-0.1, -0.05) is 12.1 Å². The van der Waals surface area contributed by atoms with Gasteiger partial charge in [0.15, 0.2) is 0 Å². The molecule has 0 amide bonds. The summed E-state index contributed by atoms with van der Waals surface area (Å²) in [5.74, 6) is -13.4. The lowest BCUT2D eigenvalue weighted by atomic mass is 10.1. The van der Waals surface area contributed by atoms with E-state index in [0.29, 0.717) is 5.56 Å². The Morgan fingerprint density at radius 3 is 2.03 bits per heavy atom. The van der Waals surface area contributed by atoms with Crippen molar-refractivity contribution in [2.24, 2.45) is 0 Å². The van der Waals surface area contributed by atoms with Crippen molar-refractivity contribution in [1.82, 2.24) is 15.0 Å². The van der Waals surface area contributed by atoms with Crippen LogP contribution in [0.15, 0.2) is 24.3 Å². The minimum atomic E-state index is -2.32. The standard InChI is InChI=1S/C18H13F6N5O/c1-7(8-4-3-5-9(19)6-8)26-17-27-16(25-2)28-18(29-17)30-15-13(23)11(21)10(20)12(22)14(15)24/h3-7H,1-2H3,(H2,25,26,27,28,29). The molecule has 158 valence electrons. The van der Waals surface area contributed by atoms with Gasteiger partial charge < -0.3 is 15.4 Å². The van der Waals surface area contributed by atoms with E-state index in [9.17, 15) is 26.3 Å². The molecular formula is C18H13F6N5O. The Bertz CT molecular complexity index is 1070. The SMILES string of the molecule is CNc1nc(NC(C)c2cccc(F)c2)nc(Oc2c(F)c(F)c(F)c(F)c2F)n1. The molecule has 0 spiro atoms. The number of nitrogens with one attached hydrogen (secondary N) is 2. The van der Waals surface area contributed by atoms with Gasteiger partial charge in [-0.15, -0.1) is 0 Å². The maximum atomic E-state index is 13.9. The summed E-state index contributed by atoms with van der Waals surface area (Å²) in [6, 6.07) is 4.39. The second kappa shape index (κ2) is 8.43. The molecule has 1 atom stereocenters. The average molecular weight is 429 g/mol. The van der Waals surface area contributed by atoms with Gasteiger partial charge in [0, 0.05) is 7.05 Å². The number of hydrogen-bond acceptors (Lipinski definition) is 6. The molecule has 0 aliphatic carbocycles. The number of aromatic nitrogens is 3. The second-order valence-corrected chi connectivity index (χ2v) is 5.94. The normalized spacial score (nSPS) is 11.9. The van der Waals surface area contributed by atoms with Crippen LogP contribution < -0.4 is 15.4 Å². The molecule has 3 aromatic rings. The van der Waals surface area contributed by atoms with Crippen LogP contribution in [0.5, 0.6) is 11.8 Å². The lowest BCUT2D eigenvalue weighted by Gasteiger charge is -2.15. The first-order valence-electron chi connectivity index (χ1n) is 8.36. The fourth-order valence-corrected chi connectivity index (χ4v) is 2.40. The predicted octanol–water partition coefficient (Wildman–Crippen LogP) is 4.71. The number of rotatable bonds is 6. The van der Waals surface area contributed by atoms with E-state index in [2.05, 4.69) is 25.6 Å². The summed E-state index contributed by atoms with van der Waals surface area (Å²) in [6.45, 7) is 1.65. The molecule has 2 N–H and O–H groups in total. The molecular weight excluding hydrogens is 416 g/mol. The Morgan fingerprint density at radius 2 is 1.43 bits per heavy atom. The molecule has 0 aliphatic heterocycles. The van der Waals surface area contributed by atoms with E-state index in [4.69, 9.17) is 4.74 Å². The summed E-state index contributed by atoms with van der Waals surface area (Å²) in [4.78, 5) is 11.4. The maximum absolute atomic E-state index is 13.9. The Morgan fingerprint density at radius 1 is 0.833 bits per heavy atom. The van der Waals surface area contributed by atoms with Crippen LogP contribution in [0.3, 0.4) is 0 Å². The van der Waals surface area contributed by atoms with E-state index in [1.165, 1.54) is 25.2 Å². The first-order valence-corrected chi connectivity index (χ1v) is 8.36. The molecule has 1 heterocycles. The topological polar surface area (TPSA) is 72.0 Å². The van der Waals surface area contributed by atoms with Gasteiger partial charge in [-0.3, -0.25) is 0 Å². The third-order valence-corrected chi connectivity index (χ3v) is 3.90. The number of ether oxygens (including phenoxy) is 1. The van der Waals surface area contributed by atoms with Crippen LogP contribution in [0, 0.1) is 34.9 Å². The molecule has 3 rings (SSSR count). The molecule has 6 nitrogen and oxygen atoms in total. The lowest BCUT2D eigenvalue weighted by molar-refractivity contribution is 0.322. The summed E-state index contributed by atoms with van der Waals surface area (Å²) >= 11 is 0. The van der Waals surface area contributed by atoms with E-state index in [-0.39, 0.29) is 11.9 Å². The second-order valence-electron chi connectivity index (χ2n) is 5.94. The molecule has 12 heteroatoms. The Balaban J connectivity index is 1.94. The number of nitrogens with zero attached hydrogens (tertiary/aromatic N) is 3. The third-order valence-electron chi connectivity index (χ3n) is 3.90. The molecule has 0 bridgehead atoms. The third kappa shape index (κ3) is 4.21. The Labute approximate surface area is 166 Å². The van der Waals surface area contributed by atoms with Crippen LogP contribution in [0.2, 0.25) is 0 Å². The summed E-state index contributed by atoms with van der Waals surface area (Å²) in [5, 5.41) is 5.34. The smallest absolute Gasteiger partial charge is 0.328 e. The van der Waals surface area contributed by atoms with Crippen molar-refractivity contribution in [3.63, 3.8) is 0 Å². The van der Waals surface area contributed by atoms with E-state index in [1.807, 2.05) is 0 Å². The van der Waals surface area contributed by atoms with Gasteiger partial charge >= 0.3 is 6.01 Å². The van der Waals surface area contributed by atoms with Crippen LogP contribution in [-0.4, -0.2) is 22.0 Å². The first-order chi connectivity index (χ1) is 14.2. The fraction of sp³-hybridized carbons (Fsp3) is 0.167. The average Bonchev–Trinajstić information content (AvgIpc) is 2.73. The van der Waals surface area contributed by atoms with Gasteiger partial charge in [0.25, 0.3) is 0 Å². The number of hydrogen-bond donors (Lipinski definition) is 2. The monoisotopic (exact) mass is 429 g/mol. The fourth-order valence-electron chi connectivity index (χ4n) is 2.40. The van der Waals surface area contributed by atoms with E-state index in [1.54, 1.807) is 13.0 Å². The number of halogens is 6. The van der Waals surface area contributed by atoms with Crippen molar-refractivity contribution in [3.05, 3.63) is 64.7 Å². The summed E-state index contributed by atoms with van der Waals surface area (Å²) in [6.07, 6.45) is 0. The van der Waals surface area contributed by atoms with Crippen LogP contribution >= 0.6 is 0 Å². The maximum Gasteiger partial charge on any atom is 0.328 e. The van der Waals surface area contributed by atoms with Crippen LogP contribution in [-0.2, 0) is 0 Å². The predicted molar refractivity (Wildman–Crippen MR) is 94.1 cm³/mol. The minimum absolute atomic E-state index is 0.127. The van der Waals surface area contributed by atoms with Crippen molar-refractivity contribution in [2.75, 3.05) is 17.7 Å². The van der Waals surface area contributed by atoms with Crippen molar-refractivity contribution in [2.45, 2.75) is 13.0 Å². The number of anilines is 2. The van der Waals surface area contributed by atoms with Crippen LogP contribution in [0.4, 0.5) is 38.2 Å². The highest BCUT2D eigenvalue weighted by Crippen LogP contribution is 2.32. The molecule has 2 aromatic carbocycles. The minimum Gasteiger partial charge on any atom is -0.418 e. The Hall–Kier alpha value is -3.57. The zero-order chi connectivity index (χ0) is 22.0. The quantitative estimate of drug-likeness (QED) is 0.336. The molecule has 0 fully saturated rings. The van der Waals surface area contributed by atoms with Gasteiger partial charge in [-0.25, -0.2) is 17.6 Å². The highest BCUT2D eigenvalue weighted by atomic mass is 19.2. The highest BCUT2D eigenvalue weighted by molar-refractivity contribution is 5.40. The Kier molecular flexibility index (Phi) is 5.94. The first kappa shape index (κ1) is 21.1. The van der Waals surface area contributed by atoms with Crippen molar-refractivity contribution in [1.29, 1.82) is 0 Å². The van der Waals surface area contributed by atoms with Crippen molar-refractivity contribution < 1.29 is 31.1 Å². The van der Waals surface area contributed by atoms with Crippen LogP contribution in [0.25, 0.3) is 0 Å². The van der Waals surface area contributed by atoms with Gasteiger partial charge in [-0.05, 0) is 24.6 Å². The largest absolute Gasteiger partial charge is 0.418 e. The van der Waals surface area contributed by atoms with Crippen LogP contribution in [0.1, 0.15) is 18.5 Å². The molecule has 1 unspecified atom stereocenters. The van der Waals surface area contributed by atoms with Gasteiger partial charge in [0.05, 0.1) is 6.04 Å². The van der Waals surface area contributed by atoms with Crippen molar-refractivity contribution in [3.8, 4) is 11.8 Å². The summed E-state index contributed by atoms with van der Waals surface area (Å²) < 4.78 is 85.8. The summed E-state index contributed by atoms with van der Waals surface area (Å²) in [5.41, 5.74) is 0.531. The van der Waals surface area contributed by atoms with Gasteiger partial charge in [0.1, 0.15) is 5.82 Å². The highest BCUT2D eigenvalue weighted by Gasteiger charge is 2.28. The lowest BCUT2D eigenvalue weighted by Crippen LogP contribution is -2.13. The van der Waals surface area contributed by atoms with E-state index in [0.717, 1.165) is 0 Å². The molecule has 0 radical (unpaired) electrons. The van der Waals surface area contributed by atoms with Gasteiger partial charge in [0.2, 0.25) is 46.7 Å². The zero-order valence-electron chi connectivity index (χ0n) is 15.4. The molecule has 1 aromatic heterocycles.